The van der Waals surface area contributed by atoms with E-state index in [0.29, 0.717) is 0 Å². The molecule has 0 radical (unpaired) electrons. The van der Waals surface area contributed by atoms with Crippen LogP contribution in [0.2, 0.25) is 0 Å². The molecule has 2 heteroatoms. The Hall–Kier alpha value is -6.25. The molecule has 0 saturated carbocycles. The van der Waals surface area contributed by atoms with Gasteiger partial charge >= 0.3 is 0 Å². The number of rotatable bonds is 3. The van der Waals surface area contributed by atoms with Crippen LogP contribution < -0.4 is 0 Å². The number of hydrogen-bond acceptors (Lipinski definition) is 1. The van der Waals surface area contributed by atoms with Crippen LogP contribution in [0.25, 0.3) is 77.3 Å². The van der Waals surface area contributed by atoms with Gasteiger partial charge in [0.15, 0.2) is 0 Å². The van der Waals surface area contributed by atoms with Crippen LogP contribution in [0.3, 0.4) is 0 Å². The lowest BCUT2D eigenvalue weighted by Crippen LogP contribution is -2.26. The quantitative estimate of drug-likeness (QED) is 0.189. The molecule has 1 aromatic heterocycles. The zero-order valence-corrected chi connectivity index (χ0v) is 27.7. The molecular weight excluding hydrogens is 605 g/mol. The Morgan fingerprint density at radius 1 is 0.500 bits per heavy atom. The Bertz CT molecular complexity index is 2830. The molecule has 0 atom stereocenters. The molecule has 2 aliphatic rings. The van der Waals surface area contributed by atoms with Crippen LogP contribution in [-0.4, -0.2) is 9.55 Å². The molecule has 11 rings (SSSR count). The lowest BCUT2D eigenvalue weighted by Gasteiger charge is -2.31. The van der Waals surface area contributed by atoms with E-state index in [9.17, 15) is 0 Å². The minimum Gasteiger partial charge on any atom is -0.324 e. The zero-order chi connectivity index (χ0) is 33.0. The molecule has 0 unspecified atom stereocenters. The van der Waals surface area contributed by atoms with Gasteiger partial charge in [0.2, 0.25) is 0 Å². The lowest BCUT2D eigenvalue weighted by atomic mass is 9.69. The maximum absolute atomic E-state index is 5.06. The average Bonchev–Trinajstić information content (AvgIpc) is 3.82. The molecule has 50 heavy (non-hydrogen) atoms. The fraction of sp³-hybridized carbons (Fsp3) is 0.0625. The van der Waals surface area contributed by atoms with Gasteiger partial charge in [-0.1, -0.05) is 140 Å². The Morgan fingerprint density at radius 3 is 2.04 bits per heavy atom. The average molecular weight is 637 g/mol. The van der Waals surface area contributed by atoms with E-state index in [1.807, 2.05) is 0 Å². The molecule has 0 fully saturated rings. The van der Waals surface area contributed by atoms with Crippen molar-refractivity contribution in [3.05, 3.63) is 186 Å². The molecule has 8 aromatic carbocycles. The zero-order valence-electron chi connectivity index (χ0n) is 27.7. The topological polar surface area (TPSA) is 17.8 Å². The molecule has 1 heterocycles. The maximum atomic E-state index is 5.06. The van der Waals surface area contributed by atoms with Crippen molar-refractivity contribution in [1.29, 1.82) is 0 Å². The molecule has 0 amide bonds. The first-order valence-corrected chi connectivity index (χ1v) is 17.6. The van der Waals surface area contributed by atoms with Crippen molar-refractivity contribution in [2.45, 2.75) is 18.9 Å². The molecule has 0 N–H and O–H groups in total. The smallest absolute Gasteiger partial charge is 0.141 e. The largest absolute Gasteiger partial charge is 0.324 e. The third-order valence-electron chi connectivity index (χ3n) is 11.4. The third-order valence-corrected chi connectivity index (χ3v) is 11.4. The maximum Gasteiger partial charge on any atom is 0.141 e. The minimum absolute atomic E-state index is 0.401. The molecule has 0 bridgehead atoms. The van der Waals surface area contributed by atoms with Gasteiger partial charge in [0.25, 0.3) is 0 Å². The van der Waals surface area contributed by atoms with Gasteiger partial charge in [0.1, 0.15) is 5.82 Å². The normalized spacial score (nSPS) is 13.5. The predicted molar refractivity (Wildman–Crippen MR) is 208 cm³/mol. The highest BCUT2D eigenvalue weighted by molar-refractivity contribution is 6.11. The van der Waals surface area contributed by atoms with Gasteiger partial charge in [-0.3, -0.25) is 0 Å². The monoisotopic (exact) mass is 636 g/mol. The fourth-order valence-electron chi connectivity index (χ4n) is 9.38. The summed E-state index contributed by atoms with van der Waals surface area (Å²) in [6.07, 6.45) is 0. The van der Waals surface area contributed by atoms with Crippen molar-refractivity contribution in [1.82, 2.24) is 9.55 Å². The molecule has 9 aromatic rings. The molecular formula is C48H32N2. The number of para-hydroxylation sites is 2. The number of imidazole rings is 1. The lowest BCUT2D eigenvalue weighted by molar-refractivity contribution is 0.796. The van der Waals surface area contributed by atoms with E-state index in [1.54, 1.807) is 0 Å². The van der Waals surface area contributed by atoms with Crippen LogP contribution in [0, 0.1) is 0 Å². The van der Waals surface area contributed by atoms with Crippen LogP contribution in [-0.2, 0) is 12.0 Å². The van der Waals surface area contributed by atoms with Crippen molar-refractivity contribution in [3.8, 4) is 44.8 Å². The standard InChI is InChI=1S/C48H32N2/c1-2-50-44-21-10-9-20-43(44)49-47(50)34-14-11-13-31(29-34)32-22-25-36-33(28-32)23-26-39-45-35-15-4-3-12-30(35)24-27-42(45)48(46(36)39)40-18-7-5-16-37(40)38-17-6-8-19-41(38)48/h3-29H,2H2,1H3. The van der Waals surface area contributed by atoms with E-state index in [-0.39, 0.29) is 0 Å². The minimum atomic E-state index is -0.401. The summed E-state index contributed by atoms with van der Waals surface area (Å²) in [6, 6.07) is 60.9. The molecule has 2 nitrogen and oxygen atoms in total. The van der Waals surface area contributed by atoms with Crippen LogP contribution in [0.1, 0.15) is 29.2 Å². The molecule has 0 saturated heterocycles. The number of nitrogens with zero attached hydrogens (tertiary/aromatic N) is 2. The van der Waals surface area contributed by atoms with Gasteiger partial charge in [-0.2, -0.15) is 0 Å². The van der Waals surface area contributed by atoms with Crippen LogP contribution in [0.5, 0.6) is 0 Å². The van der Waals surface area contributed by atoms with Gasteiger partial charge in [0, 0.05) is 12.1 Å². The first-order valence-electron chi connectivity index (χ1n) is 17.6. The fourth-order valence-corrected chi connectivity index (χ4v) is 9.38. The SMILES string of the molecule is CCn1c(-c2cccc(-c3ccc4c5c(ccc4c3)-c3c(ccc4ccccc34)C53c4ccccc4-c4ccccc43)c2)nc2ccccc21. The number of fused-ring (bicyclic) bond motifs is 15. The van der Waals surface area contributed by atoms with Crippen molar-refractivity contribution in [2.75, 3.05) is 0 Å². The van der Waals surface area contributed by atoms with E-state index < -0.39 is 5.41 Å². The molecule has 0 aliphatic heterocycles. The molecule has 234 valence electrons. The Morgan fingerprint density at radius 2 is 1.20 bits per heavy atom. The highest BCUT2D eigenvalue weighted by Crippen LogP contribution is 2.65. The second-order valence-electron chi connectivity index (χ2n) is 13.7. The van der Waals surface area contributed by atoms with E-state index in [2.05, 4.69) is 175 Å². The van der Waals surface area contributed by atoms with Crippen LogP contribution >= 0.6 is 0 Å². The highest BCUT2D eigenvalue weighted by Gasteiger charge is 2.52. The van der Waals surface area contributed by atoms with Gasteiger partial charge in [-0.25, -0.2) is 4.98 Å². The summed E-state index contributed by atoms with van der Waals surface area (Å²) in [7, 11) is 0. The number of aryl methyl sites for hydroxylation is 1. The molecule has 1 spiro atoms. The van der Waals surface area contributed by atoms with E-state index in [0.717, 1.165) is 23.4 Å². The van der Waals surface area contributed by atoms with Crippen molar-refractivity contribution < 1.29 is 0 Å². The van der Waals surface area contributed by atoms with Gasteiger partial charge < -0.3 is 4.57 Å². The second-order valence-corrected chi connectivity index (χ2v) is 13.7. The summed E-state index contributed by atoms with van der Waals surface area (Å²) in [4.78, 5) is 5.06. The number of aromatic nitrogens is 2. The Labute approximate surface area is 290 Å². The third kappa shape index (κ3) is 3.50. The van der Waals surface area contributed by atoms with E-state index >= 15 is 0 Å². The highest BCUT2D eigenvalue weighted by atomic mass is 15.1. The first-order chi connectivity index (χ1) is 24.8. The summed E-state index contributed by atoms with van der Waals surface area (Å²) in [5.74, 6) is 1.01. The second kappa shape index (κ2) is 10.1. The van der Waals surface area contributed by atoms with Crippen molar-refractivity contribution in [3.63, 3.8) is 0 Å². The van der Waals surface area contributed by atoms with Gasteiger partial charge in [0.05, 0.1) is 16.4 Å². The summed E-state index contributed by atoms with van der Waals surface area (Å²) < 4.78 is 2.32. The van der Waals surface area contributed by atoms with Gasteiger partial charge in [-0.05, 0) is 108 Å². The summed E-state index contributed by atoms with van der Waals surface area (Å²) in [5, 5.41) is 5.16. The summed E-state index contributed by atoms with van der Waals surface area (Å²) >= 11 is 0. The van der Waals surface area contributed by atoms with Crippen LogP contribution in [0.4, 0.5) is 0 Å². The first kappa shape index (κ1) is 27.7. The molecule has 2 aliphatic carbocycles. The summed E-state index contributed by atoms with van der Waals surface area (Å²) in [6.45, 7) is 3.06. The summed E-state index contributed by atoms with van der Waals surface area (Å²) in [5.41, 5.74) is 16.2. The Balaban J connectivity index is 1.16. The van der Waals surface area contributed by atoms with E-state index in [4.69, 9.17) is 4.98 Å². The van der Waals surface area contributed by atoms with Crippen molar-refractivity contribution in [2.24, 2.45) is 0 Å². The Kier molecular flexibility index (Phi) is 5.61. The van der Waals surface area contributed by atoms with Crippen LogP contribution in [0.15, 0.2) is 164 Å². The number of benzene rings is 8. The van der Waals surface area contributed by atoms with E-state index in [1.165, 1.54) is 82.7 Å². The predicted octanol–water partition coefficient (Wildman–Crippen LogP) is 12.0. The van der Waals surface area contributed by atoms with Gasteiger partial charge in [-0.15, -0.1) is 0 Å². The van der Waals surface area contributed by atoms with Crippen molar-refractivity contribution >= 4 is 32.6 Å². The number of hydrogen-bond donors (Lipinski definition) is 0.